The number of allylic oxidation sites excluding steroid dienone is 8. The van der Waals surface area contributed by atoms with Gasteiger partial charge in [-0.15, -0.1) is 6.58 Å². The fraction of sp³-hybridized carbons (Fsp3) is 0.292. The lowest BCUT2D eigenvalue weighted by Crippen LogP contribution is -2.37. The molecule has 0 bridgehead atoms. The first kappa shape index (κ1) is 19.1. The molecular formula is C24H26N4O. The lowest BCUT2D eigenvalue weighted by atomic mass is 9.81. The Kier molecular flexibility index (Phi) is 5.30. The molecule has 3 aliphatic rings. The molecule has 0 unspecified atom stereocenters. The first-order valence-corrected chi connectivity index (χ1v) is 10.0. The number of imidazole rings is 1. The summed E-state index contributed by atoms with van der Waals surface area (Å²) >= 11 is 0. The molecule has 0 spiro atoms. The second-order valence-electron chi connectivity index (χ2n) is 7.52. The molecule has 1 fully saturated rings. The van der Waals surface area contributed by atoms with Crippen LogP contribution in [0.5, 0.6) is 0 Å². The van der Waals surface area contributed by atoms with E-state index in [1.807, 2.05) is 34.9 Å². The van der Waals surface area contributed by atoms with E-state index in [-0.39, 0.29) is 12.5 Å². The molecule has 0 atom stereocenters. The summed E-state index contributed by atoms with van der Waals surface area (Å²) in [5.41, 5.74) is 7.31. The smallest absolute Gasteiger partial charge is 0.248 e. The number of hydrogen-bond donors (Lipinski definition) is 0. The van der Waals surface area contributed by atoms with Crippen molar-refractivity contribution < 1.29 is 4.79 Å². The van der Waals surface area contributed by atoms with Crippen molar-refractivity contribution in [1.29, 1.82) is 0 Å². The predicted molar refractivity (Wildman–Crippen MR) is 116 cm³/mol. The molecule has 29 heavy (non-hydrogen) atoms. The van der Waals surface area contributed by atoms with E-state index in [2.05, 4.69) is 41.4 Å². The number of piperidine rings is 1. The summed E-state index contributed by atoms with van der Waals surface area (Å²) in [7, 11) is 1.93. The predicted octanol–water partition coefficient (Wildman–Crippen LogP) is 4.04. The SMILES string of the molecule is C=CCC=CC(=C)C1=C2CCN3C(=O)CN=C(c4cn(C)cn4)C=C3C2=CCC1. The van der Waals surface area contributed by atoms with E-state index in [4.69, 9.17) is 0 Å². The third-order valence-corrected chi connectivity index (χ3v) is 5.52. The Labute approximate surface area is 171 Å². The van der Waals surface area contributed by atoms with Crippen molar-refractivity contribution in [2.45, 2.75) is 25.7 Å². The maximum absolute atomic E-state index is 12.8. The molecule has 4 rings (SSSR count). The van der Waals surface area contributed by atoms with E-state index in [1.54, 1.807) is 6.33 Å². The van der Waals surface area contributed by atoms with E-state index >= 15 is 0 Å². The Bertz CT molecular complexity index is 1030. The average molecular weight is 386 g/mol. The van der Waals surface area contributed by atoms with Gasteiger partial charge >= 0.3 is 0 Å². The summed E-state index contributed by atoms with van der Waals surface area (Å²) in [6.07, 6.45) is 17.6. The van der Waals surface area contributed by atoms with Gasteiger partial charge in [0.05, 0.1) is 17.7 Å². The maximum atomic E-state index is 12.8. The minimum atomic E-state index is 0.0407. The number of rotatable bonds is 5. The lowest BCUT2D eigenvalue weighted by Gasteiger charge is -2.36. The third-order valence-electron chi connectivity index (χ3n) is 5.52. The molecular weight excluding hydrogens is 360 g/mol. The largest absolute Gasteiger partial charge is 0.340 e. The van der Waals surface area contributed by atoms with Crippen LogP contribution in [0.3, 0.4) is 0 Å². The lowest BCUT2D eigenvalue weighted by molar-refractivity contribution is -0.127. The molecule has 5 heteroatoms. The first-order valence-electron chi connectivity index (χ1n) is 10.0. The average Bonchev–Trinajstić information content (AvgIpc) is 3.08. The molecule has 1 aromatic rings. The van der Waals surface area contributed by atoms with Gasteiger partial charge in [0.1, 0.15) is 12.2 Å². The van der Waals surface area contributed by atoms with Gasteiger partial charge in [0.2, 0.25) is 5.91 Å². The van der Waals surface area contributed by atoms with Crippen LogP contribution in [-0.4, -0.2) is 39.2 Å². The normalized spacial score (nSPS) is 19.3. The van der Waals surface area contributed by atoms with E-state index < -0.39 is 0 Å². The van der Waals surface area contributed by atoms with Crippen LogP contribution < -0.4 is 0 Å². The van der Waals surface area contributed by atoms with Crippen LogP contribution in [0.15, 0.2) is 89.0 Å². The highest BCUT2D eigenvalue weighted by molar-refractivity contribution is 6.10. The quantitative estimate of drug-likeness (QED) is 0.566. The number of carbonyl (C=O) groups excluding carboxylic acids is 1. The molecule has 3 heterocycles. The Morgan fingerprint density at radius 3 is 2.97 bits per heavy atom. The molecule has 1 amide bonds. The fourth-order valence-corrected chi connectivity index (χ4v) is 4.12. The summed E-state index contributed by atoms with van der Waals surface area (Å²) in [4.78, 5) is 23.6. The summed E-state index contributed by atoms with van der Waals surface area (Å²) in [6.45, 7) is 8.90. The van der Waals surface area contributed by atoms with Gasteiger partial charge in [-0.05, 0) is 54.1 Å². The van der Waals surface area contributed by atoms with Gasteiger partial charge in [-0.1, -0.05) is 30.9 Å². The van der Waals surface area contributed by atoms with Gasteiger partial charge in [0, 0.05) is 19.8 Å². The maximum Gasteiger partial charge on any atom is 0.248 e. The number of fused-ring (bicyclic) bond motifs is 3. The Balaban J connectivity index is 1.74. The van der Waals surface area contributed by atoms with Crippen molar-refractivity contribution in [2.75, 3.05) is 13.1 Å². The summed E-state index contributed by atoms with van der Waals surface area (Å²) in [5.74, 6) is 0.0407. The summed E-state index contributed by atoms with van der Waals surface area (Å²) in [5, 5.41) is 0. The third kappa shape index (κ3) is 3.73. The van der Waals surface area contributed by atoms with Gasteiger partial charge in [-0.3, -0.25) is 9.79 Å². The van der Waals surface area contributed by atoms with Gasteiger partial charge in [-0.2, -0.15) is 0 Å². The van der Waals surface area contributed by atoms with Crippen LogP contribution in [0.2, 0.25) is 0 Å². The van der Waals surface area contributed by atoms with E-state index in [9.17, 15) is 4.79 Å². The monoisotopic (exact) mass is 386 g/mol. The van der Waals surface area contributed by atoms with Crippen molar-refractivity contribution in [3.63, 3.8) is 0 Å². The standard InChI is InChI=1S/C24H26N4O/c1-4-5-6-8-17(2)18-9-7-10-20-19(18)11-12-28-23(20)13-21(25-14-24(28)29)22-15-27(3)16-26-22/h4,6,8,10,13,15-16H,1-2,5,7,9,11-12,14H2,3H3. The second-order valence-corrected chi connectivity index (χ2v) is 7.52. The minimum Gasteiger partial charge on any atom is -0.340 e. The van der Waals surface area contributed by atoms with Crippen molar-refractivity contribution >= 4 is 11.6 Å². The summed E-state index contributed by atoms with van der Waals surface area (Å²) < 4.78 is 1.89. The Hall–Kier alpha value is -3.21. The molecule has 0 aromatic carbocycles. The Morgan fingerprint density at radius 2 is 2.21 bits per heavy atom. The molecule has 5 nitrogen and oxygen atoms in total. The van der Waals surface area contributed by atoms with E-state index in [0.717, 1.165) is 53.9 Å². The van der Waals surface area contributed by atoms with Crippen LogP contribution in [-0.2, 0) is 11.8 Å². The zero-order valence-corrected chi connectivity index (χ0v) is 16.9. The van der Waals surface area contributed by atoms with Crippen molar-refractivity contribution in [3.05, 3.63) is 89.7 Å². The van der Waals surface area contributed by atoms with E-state index in [0.29, 0.717) is 6.54 Å². The van der Waals surface area contributed by atoms with Crippen molar-refractivity contribution in [1.82, 2.24) is 14.5 Å². The Morgan fingerprint density at radius 1 is 1.34 bits per heavy atom. The zero-order valence-electron chi connectivity index (χ0n) is 16.9. The molecule has 1 aliphatic carbocycles. The fourth-order valence-electron chi connectivity index (χ4n) is 4.12. The number of amides is 1. The van der Waals surface area contributed by atoms with Crippen LogP contribution in [0.1, 0.15) is 31.4 Å². The van der Waals surface area contributed by atoms with Crippen LogP contribution in [0.25, 0.3) is 0 Å². The summed E-state index contributed by atoms with van der Waals surface area (Å²) in [6, 6.07) is 0. The van der Waals surface area contributed by atoms with Gasteiger partial charge < -0.3 is 9.47 Å². The van der Waals surface area contributed by atoms with Gasteiger partial charge in [0.15, 0.2) is 0 Å². The zero-order chi connectivity index (χ0) is 20.4. The molecule has 0 radical (unpaired) electrons. The van der Waals surface area contributed by atoms with Crippen LogP contribution in [0, 0.1) is 0 Å². The number of aliphatic imine (C=N–C) groups is 1. The van der Waals surface area contributed by atoms with E-state index in [1.165, 1.54) is 11.1 Å². The molecule has 0 saturated carbocycles. The number of carbonyl (C=O) groups is 1. The highest BCUT2D eigenvalue weighted by Gasteiger charge is 2.32. The number of hydrogen-bond acceptors (Lipinski definition) is 3. The minimum absolute atomic E-state index is 0.0407. The molecule has 1 saturated heterocycles. The first-order chi connectivity index (χ1) is 14.1. The highest BCUT2D eigenvalue weighted by Crippen LogP contribution is 2.40. The highest BCUT2D eigenvalue weighted by atomic mass is 16.2. The number of nitrogens with zero attached hydrogens (tertiary/aromatic N) is 4. The van der Waals surface area contributed by atoms with Crippen molar-refractivity contribution in [3.8, 4) is 0 Å². The van der Waals surface area contributed by atoms with Gasteiger partial charge in [0.25, 0.3) is 0 Å². The number of aromatic nitrogens is 2. The molecule has 148 valence electrons. The molecule has 1 aromatic heterocycles. The molecule has 2 aliphatic heterocycles. The topological polar surface area (TPSA) is 50.5 Å². The van der Waals surface area contributed by atoms with Crippen LogP contribution >= 0.6 is 0 Å². The van der Waals surface area contributed by atoms with Crippen molar-refractivity contribution in [2.24, 2.45) is 12.0 Å². The number of aryl methyl sites for hydroxylation is 1. The van der Waals surface area contributed by atoms with Gasteiger partial charge in [-0.25, -0.2) is 4.98 Å². The van der Waals surface area contributed by atoms with Crippen LogP contribution in [0.4, 0.5) is 0 Å². The second kappa shape index (κ2) is 8.03. The molecule has 0 N–H and O–H groups in total.